The summed E-state index contributed by atoms with van der Waals surface area (Å²) in [5.41, 5.74) is -0.290. The van der Waals surface area contributed by atoms with Gasteiger partial charge in [0.1, 0.15) is 5.75 Å². The van der Waals surface area contributed by atoms with Crippen LogP contribution < -0.4 is 5.32 Å². The molecule has 0 saturated carbocycles. The van der Waals surface area contributed by atoms with Crippen molar-refractivity contribution in [1.29, 1.82) is 0 Å². The van der Waals surface area contributed by atoms with Crippen molar-refractivity contribution in [3.8, 4) is 5.75 Å². The molecule has 0 spiro atoms. The van der Waals surface area contributed by atoms with Crippen molar-refractivity contribution < 1.29 is 14.7 Å². The molecular formula is C17H23ClN2O3. The topological polar surface area (TPSA) is 69.6 Å². The van der Waals surface area contributed by atoms with Gasteiger partial charge in [0.05, 0.1) is 11.0 Å². The maximum atomic E-state index is 12.4. The summed E-state index contributed by atoms with van der Waals surface area (Å²) in [5.74, 6) is 0.0314. The molecular weight excluding hydrogens is 316 g/mol. The number of phenolic OH excluding ortho intramolecular Hbond substituents is 1. The van der Waals surface area contributed by atoms with Gasteiger partial charge in [-0.2, -0.15) is 0 Å². The number of alkyl halides is 1. The molecule has 2 N–H and O–H groups in total. The second-order valence-electron chi connectivity index (χ2n) is 6.57. The second kappa shape index (κ2) is 7.21. The van der Waals surface area contributed by atoms with E-state index in [-0.39, 0.29) is 35.0 Å². The van der Waals surface area contributed by atoms with E-state index in [9.17, 15) is 14.7 Å². The minimum Gasteiger partial charge on any atom is -0.507 e. The van der Waals surface area contributed by atoms with Crippen LogP contribution in [0.15, 0.2) is 24.3 Å². The van der Waals surface area contributed by atoms with Gasteiger partial charge in [-0.05, 0) is 38.8 Å². The molecule has 0 unspecified atom stereocenters. The number of benzene rings is 1. The molecule has 126 valence electrons. The van der Waals surface area contributed by atoms with E-state index in [1.54, 1.807) is 18.2 Å². The monoisotopic (exact) mass is 338 g/mol. The number of likely N-dealkylation sites (tertiary alicyclic amines) is 1. The Morgan fingerprint density at radius 3 is 2.48 bits per heavy atom. The number of piperidine rings is 1. The zero-order valence-corrected chi connectivity index (χ0v) is 14.3. The quantitative estimate of drug-likeness (QED) is 0.828. The van der Waals surface area contributed by atoms with E-state index in [4.69, 9.17) is 11.6 Å². The van der Waals surface area contributed by atoms with Crippen LogP contribution in [-0.2, 0) is 4.79 Å². The standard InChI is InChI=1S/C17H23ClN2O3/c1-17(2,11-18)16(23)20-9-7-12(8-10-20)19-15(22)13-5-3-4-6-14(13)21/h3-6,12,21H,7-11H2,1-2H3,(H,19,22). The van der Waals surface area contributed by atoms with Crippen LogP contribution in [0.5, 0.6) is 5.75 Å². The van der Waals surface area contributed by atoms with Gasteiger partial charge in [0, 0.05) is 25.0 Å². The first kappa shape index (κ1) is 17.6. The highest BCUT2D eigenvalue weighted by molar-refractivity contribution is 6.19. The number of rotatable bonds is 4. The van der Waals surface area contributed by atoms with Crippen LogP contribution in [0.4, 0.5) is 0 Å². The maximum Gasteiger partial charge on any atom is 0.255 e. The first-order chi connectivity index (χ1) is 10.8. The smallest absolute Gasteiger partial charge is 0.255 e. The summed E-state index contributed by atoms with van der Waals surface area (Å²) in [6.07, 6.45) is 1.40. The molecule has 2 amide bonds. The van der Waals surface area contributed by atoms with Crippen LogP contribution in [0.2, 0.25) is 0 Å². The van der Waals surface area contributed by atoms with Gasteiger partial charge in [-0.15, -0.1) is 11.6 Å². The maximum absolute atomic E-state index is 12.4. The van der Waals surface area contributed by atoms with Gasteiger partial charge >= 0.3 is 0 Å². The number of amides is 2. The lowest BCUT2D eigenvalue weighted by Crippen LogP contribution is -2.50. The van der Waals surface area contributed by atoms with Gasteiger partial charge in [-0.1, -0.05) is 12.1 Å². The third-order valence-corrected chi connectivity index (χ3v) is 4.85. The zero-order chi connectivity index (χ0) is 17.0. The van der Waals surface area contributed by atoms with Crippen LogP contribution in [0.25, 0.3) is 0 Å². The molecule has 1 fully saturated rings. The third-order valence-electron chi connectivity index (χ3n) is 4.18. The molecule has 1 saturated heterocycles. The summed E-state index contributed by atoms with van der Waals surface area (Å²) >= 11 is 5.86. The average molecular weight is 339 g/mol. The lowest BCUT2D eigenvalue weighted by Gasteiger charge is -2.36. The fourth-order valence-corrected chi connectivity index (χ4v) is 2.76. The zero-order valence-electron chi connectivity index (χ0n) is 13.5. The number of nitrogens with one attached hydrogen (secondary N) is 1. The Morgan fingerprint density at radius 2 is 1.91 bits per heavy atom. The molecule has 0 atom stereocenters. The van der Waals surface area contributed by atoms with Crippen molar-refractivity contribution in [2.24, 2.45) is 5.41 Å². The van der Waals surface area contributed by atoms with Crippen LogP contribution in [-0.4, -0.2) is 46.8 Å². The molecule has 1 aliphatic rings. The molecule has 2 rings (SSSR count). The third kappa shape index (κ3) is 4.16. The number of phenols is 1. The molecule has 1 aromatic carbocycles. The molecule has 1 aromatic rings. The molecule has 5 nitrogen and oxygen atoms in total. The molecule has 1 aliphatic heterocycles. The molecule has 1 heterocycles. The largest absolute Gasteiger partial charge is 0.507 e. The van der Waals surface area contributed by atoms with E-state index in [1.165, 1.54) is 6.07 Å². The number of halogens is 1. The Balaban J connectivity index is 1.89. The molecule has 6 heteroatoms. The molecule has 0 bridgehead atoms. The highest BCUT2D eigenvalue weighted by Gasteiger charge is 2.33. The van der Waals surface area contributed by atoms with Gasteiger partial charge in [0.2, 0.25) is 5.91 Å². The summed E-state index contributed by atoms with van der Waals surface area (Å²) < 4.78 is 0. The van der Waals surface area contributed by atoms with E-state index < -0.39 is 5.41 Å². The van der Waals surface area contributed by atoms with Gasteiger partial charge in [-0.25, -0.2) is 0 Å². The summed E-state index contributed by atoms with van der Waals surface area (Å²) in [7, 11) is 0. The Morgan fingerprint density at radius 1 is 1.30 bits per heavy atom. The molecule has 0 aliphatic carbocycles. The van der Waals surface area contributed by atoms with Crippen LogP contribution >= 0.6 is 11.6 Å². The minimum atomic E-state index is -0.562. The van der Waals surface area contributed by atoms with Crippen molar-refractivity contribution >= 4 is 23.4 Å². The lowest BCUT2D eigenvalue weighted by atomic mass is 9.92. The Bertz CT molecular complexity index is 581. The fraction of sp³-hybridized carbons (Fsp3) is 0.529. The summed E-state index contributed by atoms with van der Waals surface area (Å²) in [6.45, 7) is 4.89. The van der Waals surface area contributed by atoms with Crippen LogP contribution in [0, 0.1) is 5.41 Å². The van der Waals surface area contributed by atoms with E-state index >= 15 is 0 Å². The fourth-order valence-electron chi connectivity index (χ4n) is 2.64. The first-order valence-corrected chi connectivity index (χ1v) is 8.33. The second-order valence-corrected chi connectivity index (χ2v) is 6.84. The number of carbonyl (C=O) groups is 2. The Hall–Kier alpha value is -1.75. The van der Waals surface area contributed by atoms with Crippen molar-refractivity contribution in [2.75, 3.05) is 19.0 Å². The van der Waals surface area contributed by atoms with Crippen LogP contribution in [0.3, 0.4) is 0 Å². The van der Waals surface area contributed by atoms with Crippen molar-refractivity contribution in [2.45, 2.75) is 32.7 Å². The predicted molar refractivity (Wildman–Crippen MR) is 89.7 cm³/mol. The van der Waals surface area contributed by atoms with E-state index in [0.717, 1.165) is 0 Å². The van der Waals surface area contributed by atoms with Gasteiger partial charge in [-0.3, -0.25) is 9.59 Å². The minimum absolute atomic E-state index is 0.00488. The van der Waals surface area contributed by atoms with Crippen LogP contribution in [0.1, 0.15) is 37.0 Å². The number of para-hydroxylation sites is 1. The average Bonchev–Trinajstić information content (AvgIpc) is 2.55. The van der Waals surface area contributed by atoms with Crippen molar-refractivity contribution in [3.63, 3.8) is 0 Å². The van der Waals surface area contributed by atoms with E-state index in [2.05, 4.69) is 5.32 Å². The summed E-state index contributed by atoms with van der Waals surface area (Å²) in [5, 5.41) is 12.6. The number of carbonyl (C=O) groups excluding carboxylic acids is 2. The number of nitrogens with zero attached hydrogens (tertiary/aromatic N) is 1. The molecule has 23 heavy (non-hydrogen) atoms. The Kier molecular flexibility index (Phi) is 5.52. The Labute approximate surface area is 141 Å². The molecule has 0 radical (unpaired) electrons. The van der Waals surface area contributed by atoms with Crippen molar-refractivity contribution in [1.82, 2.24) is 10.2 Å². The molecule has 0 aromatic heterocycles. The normalized spacial score (nSPS) is 16.2. The van der Waals surface area contributed by atoms with Gasteiger partial charge in [0.15, 0.2) is 0 Å². The van der Waals surface area contributed by atoms with E-state index in [1.807, 2.05) is 18.7 Å². The van der Waals surface area contributed by atoms with Crippen molar-refractivity contribution in [3.05, 3.63) is 29.8 Å². The van der Waals surface area contributed by atoms with E-state index in [0.29, 0.717) is 25.9 Å². The predicted octanol–water partition coefficient (Wildman–Crippen LogP) is 2.38. The number of hydrogen-bond donors (Lipinski definition) is 2. The highest BCUT2D eigenvalue weighted by atomic mass is 35.5. The lowest BCUT2D eigenvalue weighted by molar-refractivity contribution is -0.140. The number of hydrogen-bond acceptors (Lipinski definition) is 3. The summed E-state index contributed by atoms with van der Waals surface area (Å²) in [6, 6.07) is 6.47. The first-order valence-electron chi connectivity index (χ1n) is 7.79. The van der Waals surface area contributed by atoms with Gasteiger partial charge < -0.3 is 15.3 Å². The highest BCUT2D eigenvalue weighted by Crippen LogP contribution is 2.23. The van der Waals surface area contributed by atoms with Gasteiger partial charge in [0.25, 0.3) is 5.91 Å². The number of aromatic hydroxyl groups is 1. The SMILES string of the molecule is CC(C)(CCl)C(=O)N1CCC(NC(=O)c2ccccc2O)CC1. The summed E-state index contributed by atoms with van der Waals surface area (Å²) in [4.78, 5) is 26.4.